The van der Waals surface area contributed by atoms with Gasteiger partial charge in [0.15, 0.2) is 0 Å². The van der Waals surface area contributed by atoms with E-state index in [2.05, 4.69) is 28.3 Å². The van der Waals surface area contributed by atoms with Crippen molar-refractivity contribution in [3.63, 3.8) is 0 Å². The topological polar surface area (TPSA) is 48.5 Å². The first kappa shape index (κ1) is 13.8. The zero-order valence-electron chi connectivity index (χ0n) is 12.6. The largest absolute Gasteiger partial charge is 0.361 e. The molecule has 0 amide bonds. The Balaban J connectivity index is 1.56. The molecule has 1 aliphatic rings. The van der Waals surface area contributed by atoms with Crippen molar-refractivity contribution in [2.45, 2.75) is 12.5 Å². The fourth-order valence-electron chi connectivity index (χ4n) is 3.18. The van der Waals surface area contributed by atoms with Gasteiger partial charge in [-0.15, -0.1) is 0 Å². The summed E-state index contributed by atoms with van der Waals surface area (Å²) in [4.78, 5) is 21.4. The van der Waals surface area contributed by atoms with E-state index in [1.54, 1.807) is 6.34 Å². The van der Waals surface area contributed by atoms with Gasteiger partial charge in [-0.05, 0) is 24.1 Å². The van der Waals surface area contributed by atoms with Crippen LogP contribution in [0.5, 0.6) is 0 Å². The van der Waals surface area contributed by atoms with Gasteiger partial charge in [-0.1, -0.05) is 36.4 Å². The van der Waals surface area contributed by atoms with E-state index >= 15 is 0 Å². The van der Waals surface area contributed by atoms with Crippen molar-refractivity contribution in [3.05, 3.63) is 65.9 Å². The number of para-hydroxylation sites is 2. The lowest BCUT2D eigenvalue weighted by atomic mass is 10.0. The van der Waals surface area contributed by atoms with E-state index in [9.17, 15) is 4.79 Å². The van der Waals surface area contributed by atoms with Crippen LogP contribution in [0.4, 0.5) is 5.69 Å². The summed E-state index contributed by atoms with van der Waals surface area (Å²) in [7, 11) is 0. The number of aromatic nitrogens is 1. The van der Waals surface area contributed by atoms with Crippen LogP contribution in [-0.2, 0) is 11.2 Å². The summed E-state index contributed by atoms with van der Waals surface area (Å²) in [5.74, 6) is 0. The fourth-order valence-corrected chi connectivity index (χ4v) is 3.18. The van der Waals surface area contributed by atoms with Crippen LogP contribution in [0.25, 0.3) is 10.9 Å². The minimum Gasteiger partial charge on any atom is -0.361 e. The van der Waals surface area contributed by atoms with E-state index in [1.807, 2.05) is 41.3 Å². The molecule has 1 aliphatic heterocycles. The summed E-state index contributed by atoms with van der Waals surface area (Å²) < 4.78 is 0. The minimum absolute atomic E-state index is 0.256. The number of nitrogens with zero attached hydrogens (tertiary/aromatic N) is 2. The van der Waals surface area contributed by atoms with Gasteiger partial charge in [-0.2, -0.15) is 0 Å². The van der Waals surface area contributed by atoms with E-state index in [0.29, 0.717) is 0 Å². The van der Waals surface area contributed by atoms with Crippen LogP contribution < -0.4 is 0 Å². The smallest absolute Gasteiger partial charge is 0.147 e. The van der Waals surface area contributed by atoms with Crippen molar-refractivity contribution < 1.29 is 4.79 Å². The number of aromatic amines is 1. The SMILES string of the molecule is O=CC1c2ccccc2N=CN1CCc1c[nH]c2ccccc12. The Bertz CT molecular complexity index is 881. The molecule has 0 radical (unpaired) electrons. The predicted molar refractivity (Wildman–Crippen MR) is 92.1 cm³/mol. The lowest BCUT2D eigenvalue weighted by Gasteiger charge is -2.30. The molecule has 1 N–H and O–H groups in total. The predicted octanol–water partition coefficient (Wildman–Crippen LogP) is 3.63. The van der Waals surface area contributed by atoms with Crippen LogP contribution in [0.15, 0.2) is 59.7 Å². The molecule has 0 bridgehead atoms. The number of H-pyrrole nitrogens is 1. The zero-order valence-corrected chi connectivity index (χ0v) is 12.6. The van der Waals surface area contributed by atoms with Crippen LogP contribution in [0.1, 0.15) is 17.2 Å². The summed E-state index contributed by atoms with van der Waals surface area (Å²) >= 11 is 0. The molecular formula is C19H17N3O. The number of carbonyl (C=O) groups is 1. The van der Waals surface area contributed by atoms with Gasteiger partial charge in [0.05, 0.1) is 12.0 Å². The molecule has 0 fully saturated rings. The lowest BCUT2D eigenvalue weighted by Crippen LogP contribution is -2.32. The molecule has 1 aromatic heterocycles. The molecule has 0 saturated carbocycles. The van der Waals surface area contributed by atoms with Crippen LogP contribution in [0, 0.1) is 0 Å². The number of rotatable bonds is 4. The van der Waals surface area contributed by atoms with Gasteiger partial charge < -0.3 is 14.7 Å². The lowest BCUT2D eigenvalue weighted by molar-refractivity contribution is -0.111. The Hall–Kier alpha value is -2.88. The molecule has 2 aromatic carbocycles. The second-order valence-corrected chi connectivity index (χ2v) is 5.73. The molecule has 1 atom stereocenters. The minimum atomic E-state index is -0.256. The van der Waals surface area contributed by atoms with Crippen LogP contribution in [0.2, 0.25) is 0 Å². The van der Waals surface area contributed by atoms with Gasteiger partial charge in [0.2, 0.25) is 0 Å². The molecule has 1 unspecified atom stereocenters. The van der Waals surface area contributed by atoms with Crippen molar-refractivity contribution in [1.29, 1.82) is 0 Å². The highest BCUT2D eigenvalue weighted by molar-refractivity contribution is 5.83. The molecule has 4 nitrogen and oxygen atoms in total. The summed E-state index contributed by atoms with van der Waals surface area (Å²) in [5, 5.41) is 1.24. The van der Waals surface area contributed by atoms with Gasteiger partial charge in [0.25, 0.3) is 0 Å². The van der Waals surface area contributed by atoms with Gasteiger partial charge >= 0.3 is 0 Å². The van der Waals surface area contributed by atoms with E-state index in [4.69, 9.17) is 0 Å². The van der Waals surface area contributed by atoms with Crippen molar-refractivity contribution in [1.82, 2.24) is 9.88 Å². The normalized spacial score (nSPS) is 16.5. The first-order chi connectivity index (χ1) is 11.4. The summed E-state index contributed by atoms with van der Waals surface area (Å²) in [5.41, 5.74) is 4.27. The third kappa shape index (κ3) is 2.42. The van der Waals surface area contributed by atoms with Gasteiger partial charge in [0.1, 0.15) is 12.3 Å². The number of hydrogen-bond donors (Lipinski definition) is 1. The average Bonchev–Trinajstić information content (AvgIpc) is 3.02. The number of carbonyl (C=O) groups excluding carboxylic acids is 1. The number of fused-ring (bicyclic) bond motifs is 2. The average molecular weight is 303 g/mol. The first-order valence-corrected chi connectivity index (χ1v) is 7.76. The first-order valence-electron chi connectivity index (χ1n) is 7.76. The molecule has 2 heterocycles. The van der Waals surface area contributed by atoms with Gasteiger partial charge in [-0.25, -0.2) is 4.99 Å². The number of benzene rings is 2. The van der Waals surface area contributed by atoms with Crippen molar-refractivity contribution >= 4 is 29.2 Å². The Labute approximate surface area is 134 Å². The molecule has 0 saturated heterocycles. The highest BCUT2D eigenvalue weighted by Gasteiger charge is 2.23. The highest BCUT2D eigenvalue weighted by atomic mass is 16.1. The second-order valence-electron chi connectivity index (χ2n) is 5.73. The standard InChI is InChI=1S/C19H17N3O/c23-12-19-16-6-2-4-8-18(16)21-13-22(19)10-9-14-11-20-17-7-3-1-5-15(14)17/h1-8,11-13,19-20H,9-10H2. The number of aliphatic imine (C=N–C) groups is 1. The molecule has 0 spiro atoms. The Morgan fingerprint density at radius 3 is 2.87 bits per heavy atom. The van der Waals surface area contributed by atoms with Crippen molar-refractivity contribution in [2.24, 2.45) is 4.99 Å². The van der Waals surface area contributed by atoms with Crippen LogP contribution in [-0.4, -0.2) is 29.1 Å². The molecule has 114 valence electrons. The third-order valence-electron chi connectivity index (χ3n) is 4.40. The third-order valence-corrected chi connectivity index (χ3v) is 4.40. The quantitative estimate of drug-likeness (QED) is 0.748. The zero-order chi connectivity index (χ0) is 15.6. The second kappa shape index (κ2) is 5.72. The molecule has 23 heavy (non-hydrogen) atoms. The number of nitrogens with one attached hydrogen (secondary N) is 1. The number of hydrogen-bond acceptors (Lipinski definition) is 3. The summed E-state index contributed by atoms with van der Waals surface area (Å²) in [6.45, 7) is 0.753. The maximum atomic E-state index is 11.6. The van der Waals surface area contributed by atoms with Crippen molar-refractivity contribution in [3.8, 4) is 0 Å². The van der Waals surface area contributed by atoms with E-state index in [1.165, 1.54) is 10.9 Å². The Kier molecular flexibility index (Phi) is 3.42. The fraction of sp³-hybridized carbons (Fsp3) is 0.158. The summed E-state index contributed by atoms with van der Waals surface area (Å²) in [6.07, 6.45) is 5.70. The van der Waals surface area contributed by atoms with Crippen LogP contribution in [0.3, 0.4) is 0 Å². The maximum Gasteiger partial charge on any atom is 0.147 e. The summed E-state index contributed by atoms with van der Waals surface area (Å²) in [6, 6.07) is 15.8. The molecule has 3 aromatic rings. The highest BCUT2D eigenvalue weighted by Crippen LogP contribution is 2.31. The monoisotopic (exact) mass is 303 g/mol. The molecule has 0 aliphatic carbocycles. The molecule has 4 heteroatoms. The molecule has 4 rings (SSSR count). The molecular weight excluding hydrogens is 286 g/mol. The van der Waals surface area contributed by atoms with Gasteiger partial charge in [-0.3, -0.25) is 0 Å². The van der Waals surface area contributed by atoms with Crippen LogP contribution >= 0.6 is 0 Å². The maximum absolute atomic E-state index is 11.6. The van der Waals surface area contributed by atoms with E-state index in [-0.39, 0.29) is 6.04 Å². The Morgan fingerprint density at radius 1 is 1.13 bits per heavy atom. The van der Waals surface area contributed by atoms with E-state index in [0.717, 1.165) is 36.0 Å². The van der Waals surface area contributed by atoms with Crippen molar-refractivity contribution in [2.75, 3.05) is 6.54 Å². The number of aldehydes is 1. The van der Waals surface area contributed by atoms with Gasteiger partial charge in [0, 0.05) is 29.2 Å². The Morgan fingerprint density at radius 2 is 1.96 bits per heavy atom. The van der Waals surface area contributed by atoms with E-state index < -0.39 is 0 Å².